The summed E-state index contributed by atoms with van der Waals surface area (Å²) in [5, 5.41) is 3.27. The molecule has 0 bridgehead atoms. The first-order chi connectivity index (χ1) is 6.27. The van der Waals surface area contributed by atoms with Gasteiger partial charge in [0, 0.05) is 38.6 Å². The first-order valence-corrected chi connectivity index (χ1v) is 4.64. The zero-order chi connectivity index (χ0) is 9.26. The molecule has 1 aromatic rings. The van der Waals surface area contributed by atoms with Gasteiger partial charge in [-0.1, -0.05) is 0 Å². The maximum Gasteiger partial charge on any atom is 0.122 e. The third kappa shape index (κ3) is 1.73. The van der Waals surface area contributed by atoms with Crippen LogP contribution < -0.4 is 5.32 Å². The van der Waals surface area contributed by atoms with Crippen LogP contribution in [0.1, 0.15) is 5.82 Å². The Morgan fingerprint density at radius 1 is 1.69 bits per heavy atom. The van der Waals surface area contributed by atoms with Crippen LogP contribution in [0.2, 0.25) is 0 Å². The minimum Gasteiger partial charge on any atom is -0.337 e. The smallest absolute Gasteiger partial charge is 0.122 e. The van der Waals surface area contributed by atoms with Crippen LogP contribution >= 0.6 is 0 Å². The van der Waals surface area contributed by atoms with E-state index in [1.807, 2.05) is 19.4 Å². The molecule has 0 aliphatic carbocycles. The Morgan fingerprint density at radius 2 is 2.46 bits per heavy atom. The topological polar surface area (TPSA) is 33.1 Å². The molecule has 1 aliphatic rings. The van der Waals surface area contributed by atoms with Crippen molar-refractivity contribution in [2.24, 2.45) is 7.05 Å². The molecule has 0 radical (unpaired) electrons. The molecule has 0 atom stereocenters. The highest BCUT2D eigenvalue weighted by atomic mass is 15.2. The lowest BCUT2D eigenvalue weighted by molar-refractivity contribution is 0.168. The highest BCUT2D eigenvalue weighted by Crippen LogP contribution is 2.06. The highest BCUT2D eigenvalue weighted by molar-refractivity contribution is 4.93. The Hall–Kier alpha value is -0.870. The van der Waals surface area contributed by atoms with Crippen LogP contribution in [0.25, 0.3) is 0 Å². The van der Waals surface area contributed by atoms with Crippen molar-refractivity contribution in [1.29, 1.82) is 0 Å². The molecular formula is C9H16N4. The van der Waals surface area contributed by atoms with Crippen LogP contribution in [0.4, 0.5) is 0 Å². The number of aromatic nitrogens is 2. The van der Waals surface area contributed by atoms with Gasteiger partial charge in [0.25, 0.3) is 0 Å². The van der Waals surface area contributed by atoms with Crippen molar-refractivity contribution in [3.05, 3.63) is 18.2 Å². The van der Waals surface area contributed by atoms with Crippen molar-refractivity contribution in [2.75, 3.05) is 20.1 Å². The fourth-order valence-corrected chi connectivity index (χ4v) is 1.49. The van der Waals surface area contributed by atoms with Gasteiger partial charge in [-0.25, -0.2) is 4.98 Å². The molecule has 1 aliphatic heterocycles. The van der Waals surface area contributed by atoms with E-state index in [2.05, 4.69) is 26.8 Å². The van der Waals surface area contributed by atoms with Crippen molar-refractivity contribution in [3.8, 4) is 0 Å². The Bertz CT molecular complexity index is 277. The SMILES string of the molecule is CN(Cc1nccn1C)C1CNC1. The zero-order valence-corrected chi connectivity index (χ0v) is 8.20. The summed E-state index contributed by atoms with van der Waals surface area (Å²) in [6, 6.07) is 0.691. The number of imidazole rings is 1. The molecule has 2 rings (SSSR count). The lowest BCUT2D eigenvalue weighted by atomic mass is 10.1. The van der Waals surface area contributed by atoms with E-state index in [0.29, 0.717) is 6.04 Å². The molecule has 1 saturated heterocycles. The number of nitrogens with zero attached hydrogens (tertiary/aromatic N) is 3. The summed E-state index contributed by atoms with van der Waals surface area (Å²) in [5.41, 5.74) is 0. The third-order valence-corrected chi connectivity index (χ3v) is 2.70. The summed E-state index contributed by atoms with van der Waals surface area (Å²) in [6.07, 6.45) is 3.84. The predicted octanol–water partition coefficient (Wildman–Crippen LogP) is -0.176. The van der Waals surface area contributed by atoms with Gasteiger partial charge in [-0.2, -0.15) is 0 Å². The van der Waals surface area contributed by atoms with Gasteiger partial charge in [0.2, 0.25) is 0 Å². The number of likely N-dealkylation sites (N-methyl/N-ethyl adjacent to an activating group) is 1. The summed E-state index contributed by atoms with van der Waals surface area (Å²) >= 11 is 0. The molecule has 0 saturated carbocycles. The Kier molecular flexibility index (Phi) is 2.33. The monoisotopic (exact) mass is 180 g/mol. The van der Waals surface area contributed by atoms with Gasteiger partial charge in [-0.05, 0) is 7.05 Å². The van der Waals surface area contributed by atoms with E-state index < -0.39 is 0 Å². The largest absolute Gasteiger partial charge is 0.337 e. The Labute approximate surface area is 78.6 Å². The molecular weight excluding hydrogens is 164 g/mol. The highest BCUT2D eigenvalue weighted by Gasteiger charge is 2.21. The van der Waals surface area contributed by atoms with E-state index in [-0.39, 0.29) is 0 Å². The van der Waals surface area contributed by atoms with Gasteiger partial charge in [-0.15, -0.1) is 0 Å². The second-order valence-electron chi connectivity index (χ2n) is 3.68. The third-order valence-electron chi connectivity index (χ3n) is 2.70. The molecule has 4 nitrogen and oxygen atoms in total. The first kappa shape index (κ1) is 8.72. The second kappa shape index (κ2) is 3.47. The minimum atomic E-state index is 0.691. The van der Waals surface area contributed by atoms with E-state index in [9.17, 15) is 0 Å². The summed E-state index contributed by atoms with van der Waals surface area (Å²) in [5.74, 6) is 1.13. The molecule has 13 heavy (non-hydrogen) atoms. The van der Waals surface area contributed by atoms with E-state index in [1.165, 1.54) is 0 Å². The lowest BCUT2D eigenvalue weighted by Crippen LogP contribution is -2.55. The van der Waals surface area contributed by atoms with E-state index >= 15 is 0 Å². The standard InChI is InChI=1S/C9H16N4/c1-12-4-3-11-9(12)7-13(2)8-5-10-6-8/h3-4,8,10H,5-7H2,1-2H3. The van der Waals surface area contributed by atoms with Crippen molar-refractivity contribution in [3.63, 3.8) is 0 Å². The molecule has 2 heterocycles. The number of hydrogen-bond donors (Lipinski definition) is 1. The van der Waals surface area contributed by atoms with E-state index in [4.69, 9.17) is 0 Å². The van der Waals surface area contributed by atoms with Gasteiger partial charge in [0.1, 0.15) is 5.82 Å². The van der Waals surface area contributed by atoms with Crippen LogP contribution in [0.3, 0.4) is 0 Å². The molecule has 0 amide bonds. The molecule has 0 unspecified atom stereocenters. The predicted molar refractivity (Wildman–Crippen MR) is 51.3 cm³/mol. The molecule has 1 aromatic heterocycles. The molecule has 72 valence electrons. The van der Waals surface area contributed by atoms with Gasteiger partial charge in [-0.3, -0.25) is 4.90 Å². The molecule has 1 fully saturated rings. The molecule has 0 aromatic carbocycles. The number of nitrogens with one attached hydrogen (secondary N) is 1. The van der Waals surface area contributed by atoms with Crippen molar-refractivity contribution >= 4 is 0 Å². The number of hydrogen-bond acceptors (Lipinski definition) is 3. The minimum absolute atomic E-state index is 0.691. The summed E-state index contributed by atoms with van der Waals surface area (Å²) < 4.78 is 2.07. The zero-order valence-electron chi connectivity index (χ0n) is 8.20. The van der Waals surface area contributed by atoms with E-state index in [1.54, 1.807) is 0 Å². The average molecular weight is 180 g/mol. The summed E-state index contributed by atoms with van der Waals surface area (Å²) in [6.45, 7) is 3.16. The van der Waals surface area contributed by atoms with Gasteiger partial charge in [0.15, 0.2) is 0 Å². The maximum absolute atomic E-state index is 4.30. The lowest BCUT2D eigenvalue weighted by Gasteiger charge is -2.35. The quantitative estimate of drug-likeness (QED) is 0.700. The summed E-state index contributed by atoms with van der Waals surface area (Å²) in [7, 11) is 4.19. The Balaban J connectivity index is 1.93. The number of rotatable bonds is 3. The average Bonchev–Trinajstić information content (AvgIpc) is 2.32. The van der Waals surface area contributed by atoms with Crippen LogP contribution in [0.15, 0.2) is 12.4 Å². The van der Waals surface area contributed by atoms with E-state index in [0.717, 1.165) is 25.5 Å². The second-order valence-corrected chi connectivity index (χ2v) is 3.68. The normalized spacial score (nSPS) is 17.8. The fourth-order valence-electron chi connectivity index (χ4n) is 1.49. The van der Waals surface area contributed by atoms with Gasteiger partial charge < -0.3 is 9.88 Å². The van der Waals surface area contributed by atoms with Crippen molar-refractivity contribution in [2.45, 2.75) is 12.6 Å². The molecule has 4 heteroatoms. The summed E-state index contributed by atoms with van der Waals surface area (Å²) in [4.78, 5) is 6.64. The van der Waals surface area contributed by atoms with Crippen LogP contribution in [0.5, 0.6) is 0 Å². The van der Waals surface area contributed by atoms with Gasteiger partial charge >= 0.3 is 0 Å². The van der Waals surface area contributed by atoms with Crippen molar-refractivity contribution in [1.82, 2.24) is 19.8 Å². The number of aryl methyl sites for hydroxylation is 1. The fraction of sp³-hybridized carbons (Fsp3) is 0.667. The van der Waals surface area contributed by atoms with Crippen molar-refractivity contribution < 1.29 is 0 Å². The maximum atomic E-state index is 4.30. The van der Waals surface area contributed by atoms with Crippen LogP contribution in [-0.4, -0.2) is 40.6 Å². The van der Waals surface area contributed by atoms with Crippen LogP contribution in [-0.2, 0) is 13.6 Å². The molecule has 0 spiro atoms. The first-order valence-electron chi connectivity index (χ1n) is 4.64. The molecule has 1 N–H and O–H groups in total. The van der Waals surface area contributed by atoms with Gasteiger partial charge in [0.05, 0.1) is 6.54 Å². The van der Waals surface area contributed by atoms with Crippen LogP contribution in [0, 0.1) is 0 Å². The Morgan fingerprint density at radius 3 is 2.92 bits per heavy atom.